The van der Waals surface area contributed by atoms with Crippen LogP contribution in [0.15, 0.2) is 101 Å². The van der Waals surface area contributed by atoms with Crippen LogP contribution in [0, 0.1) is 20.8 Å². The third-order valence-electron chi connectivity index (χ3n) is 8.23. The van der Waals surface area contributed by atoms with Crippen molar-refractivity contribution in [3.63, 3.8) is 0 Å². The summed E-state index contributed by atoms with van der Waals surface area (Å²) in [7, 11) is 1.61. The van der Waals surface area contributed by atoms with Gasteiger partial charge in [-0.15, -0.1) is 5.10 Å². The summed E-state index contributed by atoms with van der Waals surface area (Å²) in [5.74, 6) is 2.05. The molecular weight excluding hydrogens is 630 g/mol. The first-order valence-electron chi connectivity index (χ1n) is 15.3. The van der Waals surface area contributed by atoms with Gasteiger partial charge in [-0.1, -0.05) is 89.6 Å². The fraction of sp³-hybridized carbons (Fsp3) is 0.216. The minimum Gasteiger partial charge on any atom is -0.493 e. The standard InChI is InChI=1S/C37H36ClN5O3S/c1-22-10-8-12-26(18-22)20-46-31-17-16-27(19-32(31)45-5)34-33(35(44)40-30-15-9-11-23(2)24(30)3)25(4)39-36-41-37(42-43(34)36)47-21-28-13-6-7-14-29(28)38/h6-19,34H,20-21H2,1-5H3,(H,40,44)(H,39,41,42). The van der Waals surface area contributed by atoms with Crippen LogP contribution < -0.4 is 20.1 Å². The van der Waals surface area contributed by atoms with Crippen LogP contribution in [0.5, 0.6) is 11.5 Å². The fourth-order valence-corrected chi connectivity index (χ4v) is 6.68. The van der Waals surface area contributed by atoms with Crippen LogP contribution in [-0.2, 0) is 17.2 Å². The molecule has 1 atom stereocenters. The highest BCUT2D eigenvalue weighted by Gasteiger charge is 2.35. The molecule has 240 valence electrons. The van der Waals surface area contributed by atoms with Gasteiger partial charge in [0.1, 0.15) is 12.6 Å². The van der Waals surface area contributed by atoms with Gasteiger partial charge in [0.25, 0.3) is 5.91 Å². The fourth-order valence-electron chi connectivity index (χ4n) is 5.57. The van der Waals surface area contributed by atoms with E-state index in [1.54, 1.807) is 11.8 Å². The van der Waals surface area contributed by atoms with Gasteiger partial charge in [-0.2, -0.15) is 4.98 Å². The van der Waals surface area contributed by atoms with Gasteiger partial charge in [0.15, 0.2) is 11.5 Å². The third-order valence-corrected chi connectivity index (χ3v) is 9.48. The van der Waals surface area contributed by atoms with Gasteiger partial charge in [0.2, 0.25) is 11.1 Å². The lowest BCUT2D eigenvalue weighted by molar-refractivity contribution is -0.113. The van der Waals surface area contributed by atoms with Crippen LogP contribution >= 0.6 is 23.4 Å². The molecule has 1 aliphatic rings. The van der Waals surface area contributed by atoms with Crippen LogP contribution in [-0.4, -0.2) is 27.8 Å². The Bertz CT molecular complexity index is 1990. The van der Waals surface area contributed by atoms with E-state index in [2.05, 4.69) is 29.7 Å². The quantitative estimate of drug-likeness (QED) is 0.144. The number of nitrogens with zero attached hydrogens (tertiary/aromatic N) is 3. The number of rotatable bonds is 10. The van der Waals surface area contributed by atoms with Gasteiger partial charge >= 0.3 is 0 Å². The zero-order valence-electron chi connectivity index (χ0n) is 26.9. The summed E-state index contributed by atoms with van der Waals surface area (Å²) >= 11 is 7.90. The summed E-state index contributed by atoms with van der Waals surface area (Å²) < 4.78 is 13.8. The molecule has 0 bridgehead atoms. The molecule has 1 unspecified atom stereocenters. The number of halogens is 1. The monoisotopic (exact) mass is 665 g/mol. The Kier molecular flexibility index (Phi) is 9.56. The van der Waals surface area contributed by atoms with Crippen LogP contribution in [0.1, 0.15) is 46.3 Å². The number of allylic oxidation sites excluding steroid dienone is 1. The van der Waals surface area contributed by atoms with E-state index in [4.69, 9.17) is 31.2 Å². The number of thioether (sulfide) groups is 1. The number of hydrogen-bond donors (Lipinski definition) is 2. The summed E-state index contributed by atoms with van der Waals surface area (Å²) in [5, 5.41) is 12.6. The Balaban J connectivity index is 1.36. The molecule has 47 heavy (non-hydrogen) atoms. The summed E-state index contributed by atoms with van der Waals surface area (Å²) in [6.45, 7) is 8.36. The van der Waals surface area contributed by atoms with Crippen LogP contribution in [0.25, 0.3) is 0 Å². The zero-order valence-corrected chi connectivity index (χ0v) is 28.5. The van der Waals surface area contributed by atoms with Crippen molar-refractivity contribution < 1.29 is 14.3 Å². The van der Waals surface area contributed by atoms with E-state index in [-0.39, 0.29) is 5.91 Å². The molecular formula is C37H36ClN5O3S. The van der Waals surface area contributed by atoms with E-state index in [0.29, 0.717) is 51.3 Å². The number of ether oxygens (including phenoxy) is 2. The van der Waals surface area contributed by atoms with Crippen molar-refractivity contribution in [3.8, 4) is 11.5 Å². The zero-order chi connectivity index (χ0) is 33.1. The molecule has 0 fully saturated rings. The molecule has 2 heterocycles. The van der Waals surface area contributed by atoms with Gasteiger partial charge in [-0.05, 0) is 79.8 Å². The molecule has 0 spiro atoms. The van der Waals surface area contributed by atoms with E-state index in [0.717, 1.165) is 33.5 Å². The molecule has 4 aromatic carbocycles. The second kappa shape index (κ2) is 13.9. The number of carbonyl (C=O) groups excluding carboxylic acids is 1. The molecule has 1 aliphatic heterocycles. The summed E-state index contributed by atoms with van der Waals surface area (Å²) in [5.41, 5.74) is 8.07. The smallest absolute Gasteiger partial charge is 0.255 e. The highest BCUT2D eigenvalue weighted by Crippen LogP contribution is 2.40. The second-order valence-electron chi connectivity index (χ2n) is 11.5. The first-order valence-corrected chi connectivity index (χ1v) is 16.6. The number of amides is 1. The van der Waals surface area contributed by atoms with Gasteiger partial charge in [-0.3, -0.25) is 4.79 Å². The van der Waals surface area contributed by atoms with Gasteiger partial charge in [-0.25, -0.2) is 4.68 Å². The molecule has 1 aromatic heterocycles. The van der Waals surface area contributed by atoms with Gasteiger partial charge in [0, 0.05) is 22.2 Å². The number of benzene rings is 4. The molecule has 0 radical (unpaired) electrons. The molecule has 1 amide bonds. The molecule has 6 rings (SSSR count). The van der Waals surface area contributed by atoms with E-state index >= 15 is 0 Å². The first kappa shape index (κ1) is 32.2. The number of methoxy groups -OCH3 is 1. The third kappa shape index (κ3) is 7.01. The predicted octanol–water partition coefficient (Wildman–Crippen LogP) is 8.66. The van der Waals surface area contributed by atoms with Crippen molar-refractivity contribution in [1.29, 1.82) is 0 Å². The number of aromatic nitrogens is 3. The van der Waals surface area contributed by atoms with Crippen molar-refractivity contribution in [3.05, 3.63) is 135 Å². The maximum Gasteiger partial charge on any atom is 0.255 e. The Hall–Kier alpha value is -4.73. The lowest BCUT2D eigenvalue weighted by Crippen LogP contribution is -2.31. The van der Waals surface area contributed by atoms with Crippen molar-refractivity contribution in [2.75, 3.05) is 17.7 Å². The van der Waals surface area contributed by atoms with Crippen molar-refractivity contribution in [2.45, 2.75) is 51.3 Å². The number of fused-ring (bicyclic) bond motifs is 1. The molecule has 8 nitrogen and oxygen atoms in total. The highest BCUT2D eigenvalue weighted by atomic mass is 35.5. The minimum atomic E-state index is -0.599. The highest BCUT2D eigenvalue weighted by molar-refractivity contribution is 7.98. The molecule has 0 saturated carbocycles. The van der Waals surface area contributed by atoms with Crippen molar-refractivity contribution in [1.82, 2.24) is 14.8 Å². The number of carbonyl (C=O) groups is 1. The number of hydrogen-bond acceptors (Lipinski definition) is 7. The van der Waals surface area contributed by atoms with E-state index in [1.807, 2.05) is 93.6 Å². The van der Waals surface area contributed by atoms with Gasteiger partial charge in [0.05, 0.1) is 12.7 Å². The van der Waals surface area contributed by atoms with E-state index < -0.39 is 6.04 Å². The average molecular weight is 666 g/mol. The Morgan fingerprint density at radius 1 is 0.979 bits per heavy atom. The first-order chi connectivity index (χ1) is 22.7. The maximum atomic E-state index is 14.2. The number of nitrogens with one attached hydrogen (secondary N) is 2. The molecule has 2 N–H and O–H groups in total. The predicted molar refractivity (Wildman–Crippen MR) is 189 cm³/mol. The van der Waals surface area contributed by atoms with Crippen LogP contribution in [0.3, 0.4) is 0 Å². The van der Waals surface area contributed by atoms with E-state index in [1.165, 1.54) is 17.3 Å². The SMILES string of the molecule is COc1cc(C2C(C(=O)Nc3cccc(C)c3C)=C(C)Nc3nc(SCc4ccccc4Cl)nn32)ccc1OCc1cccc(C)c1. The van der Waals surface area contributed by atoms with E-state index in [9.17, 15) is 4.79 Å². The maximum absolute atomic E-state index is 14.2. The number of anilines is 2. The Morgan fingerprint density at radius 3 is 2.57 bits per heavy atom. The Morgan fingerprint density at radius 2 is 1.79 bits per heavy atom. The molecule has 0 saturated heterocycles. The lowest BCUT2D eigenvalue weighted by atomic mass is 9.94. The largest absolute Gasteiger partial charge is 0.493 e. The average Bonchev–Trinajstić information content (AvgIpc) is 3.47. The van der Waals surface area contributed by atoms with Crippen LogP contribution in [0.2, 0.25) is 5.02 Å². The van der Waals surface area contributed by atoms with Gasteiger partial charge < -0.3 is 20.1 Å². The van der Waals surface area contributed by atoms with Crippen LogP contribution in [0.4, 0.5) is 11.6 Å². The minimum absolute atomic E-state index is 0.237. The molecule has 0 aliphatic carbocycles. The summed E-state index contributed by atoms with van der Waals surface area (Å²) in [6, 6.07) is 26.9. The summed E-state index contributed by atoms with van der Waals surface area (Å²) in [6.07, 6.45) is 0. The normalized spacial score (nSPS) is 14.0. The van der Waals surface area contributed by atoms with Crippen molar-refractivity contribution in [2.24, 2.45) is 0 Å². The summed E-state index contributed by atoms with van der Waals surface area (Å²) in [4.78, 5) is 18.9. The number of aryl methyl sites for hydroxylation is 2. The van der Waals surface area contributed by atoms with Crippen molar-refractivity contribution >= 4 is 40.9 Å². The molecule has 10 heteroatoms. The topological polar surface area (TPSA) is 90.3 Å². The Labute approximate surface area is 284 Å². The second-order valence-corrected chi connectivity index (χ2v) is 12.8. The molecule has 5 aromatic rings. The lowest BCUT2D eigenvalue weighted by Gasteiger charge is -2.29.